The van der Waals surface area contributed by atoms with E-state index in [1.54, 1.807) is 0 Å². The van der Waals surface area contributed by atoms with Gasteiger partial charge in [0.15, 0.2) is 0 Å². The van der Waals surface area contributed by atoms with Gasteiger partial charge in [0.2, 0.25) is 0 Å². The Morgan fingerprint density at radius 1 is 1.00 bits per heavy atom. The molecular weight excluding hydrogens is 310 g/mol. The van der Waals surface area contributed by atoms with E-state index >= 15 is 0 Å². The van der Waals surface area contributed by atoms with Crippen molar-refractivity contribution in [2.75, 3.05) is 13.2 Å². The third kappa shape index (κ3) is 3.52. The summed E-state index contributed by atoms with van der Waals surface area (Å²) in [5.74, 6) is 0.980. The van der Waals surface area contributed by atoms with Crippen LogP contribution in [0.25, 0.3) is 21.8 Å². The number of rotatable bonds is 9. The van der Waals surface area contributed by atoms with Gasteiger partial charge in [-0.2, -0.15) is 0 Å². The summed E-state index contributed by atoms with van der Waals surface area (Å²) >= 11 is 0. The van der Waals surface area contributed by atoms with E-state index in [4.69, 9.17) is 9.47 Å². The molecule has 2 aromatic carbocycles. The number of unbranched alkanes of at least 4 members (excludes halogenated alkanes) is 4. The van der Waals surface area contributed by atoms with Gasteiger partial charge < -0.3 is 14.0 Å². The summed E-state index contributed by atoms with van der Waals surface area (Å²) in [6, 6.07) is 15.1. The minimum atomic E-state index is 0.280. The van der Waals surface area contributed by atoms with Crippen molar-refractivity contribution in [3.8, 4) is 5.75 Å². The van der Waals surface area contributed by atoms with E-state index in [0.29, 0.717) is 6.61 Å². The molecule has 1 aliphatic heterocycles. The van der Waals surface area contributed by atoms with Crippen LogP contribution in [0.5, 0.6) is 5.75 Å². The largest absolute Gasteiger partial charge is 0.490 e. The average Bonchev–Trinajstić information content (AvgIpc) is 3.42. The second-order valence-corrected chi connectivity index (χ2v) is 7.00. The second kappa shape index (κ2) is 7.49. The molecule has 1 saturated heterocycles. The highest BCUT2D eigenvalue weighted by Gasteiger charge is 2.24. The first-order valence-corrected chi connectivity index (χ1v) is 9.63. The molecule has 0 aliphatic carbocycles. The molecule has 0 amide bonds. The zero-order valence-electron chi connectivity index (χ0n) is 15.0. The number of para-hydroxylation sites is 1. The number of aryl methyl sites for hydroxylation is 1. The minimum Gasteiger partial charge on any atom is -0.490 e. The molecule has 3 nitrogen and oxygen atoms in total. The summed E-state index contributed by atoms with van der Waals surface area (Å²) in [4.78, 5) is 0. The lowest BCUT2D eigenvalue weighted by Crippen LogP contribution is -2.04. The third-order valence-electron chi connectivity index (χ3n) is 5.07. The Morgan fingerprint density at radius 2 is 1.80 bits per heavy atom. The van der Waals surface area contributed by atoms with Crippen LogP contribution in [0.4, 0.5) is 0 Å². The number of benzene rings is 2. The van der Waals surface area contributed by atoms with Gasteiger partial charge in [0.1, 0.15) is 18.5 Å². The van der Waals surface area contributed by atoms with E-state index in [2.05, 4.69) is 54.0 Å². The molecule has 0 bridgehead atoms. The number of nitrogens with zero attached hydrogens (tertiary/aromatic N) is 1. The van der Waals surface area contributed by atoms with Crippen molar-refractivity contribution < 1.29 is 9.47 Å². The van der Waals surface area contributed by atoms with Crippen molar-refractivity contribution in [2.45, 2.75) is 51.7 Å². The van der Waals surface area contributed by atoms with Crippen molar-refractivity contribution in [1.29, 1.82) is 0 Å². The van der Waals surface area contributed by atoms with Crippen LogP contribution in [-0.4, -0.2) is 23.9 Å². The van der Waals surface area contributed by atoms with Crippen LogP contribution in [0.15, 0.2) is 42.5 Å². The van der Waals surface area contributed by atoms with Crippen LogP contribution in [0.3, 0.4) is 0 Å². The van der Waals surface area contributed by atoms with E-state index in [1.807, 2.05) is 0 Å². The molecule has 3 aromatic rings. The van der Waals surface area contributed by atoms with Crippen molar-refractivity contribution >= 4 is 21.8 Å². The van der Waals surface area contributed by atoms with E-state index in [9.17, 15) is 0 Å². The van der Waals surface area contributed by atoms with Crippen LogP contribution < -0.4 is 4.74 Å². The van der Waals surface area contributed by atoms with E-state index in [1.165, 1.54) is 53.9 Å². The molecule has 3 heteroatoms. The van der Waals surface area contributed by atoms with Gasteiger partial charge in [-0.3, -0.25) is 0 Å². The monoisotopic (exact) mass is 337 g/mol. The Bertz CT molecular complexity index is 848. The summed E-state index contributed by atoms with van der Waals surface area (Å²) in [6.07, 6.45) is 6.78. The van der Waals surface area contributed by atoms with Crippen LogP contribution in [0, 0.1) is 0 Å². The number of epoxide rings is 1. The Morgan fingerprint density at radius 3 is 2.64 bits per heavy atom. The molecule has 1 unspecified atom stereocenters. The van der Waals surface area contributed by atoms with Gasteiger partial charge in [-0.25, -0.2) is 0 Å². The Kier molecular flexibility index (Phi) is 4.93. The SMILES string of the molecule is CCCCCCCn1c2ccccc2c2c(OCC3CO3)cccc21. The molecule has 1 atom stereocenters. The summed E-state index contributed by atoms with van der Waals surface area (Å²) in [5, 5.41) is 2.53. The number of hydrogen-bond acceptors (Lipinski definition) is 2. The number of hydrogen-bond donors (Lipinski definition) is 0. The fourth-order valence-electron chi connectivity index (χ4n) is 3.65. The average molecular weight is 337 g/mol. The van der Waals surface area contributed by atoms with Gasteiger partial charge in [0.25, 0.3) is 0 Å². The Balaban J connectivity index is 1.66. The first kappa shape index (κ1) is 16.5. The molecule has 0 spiro atoms. The molecule has 4 rings (SSSR count). The highest BCUT2D eigenvalue weighted by atomic mass is 16.6. The molecule has 132 valence electrons. The maximum Gasteiger partial charge on any atom is 0.129 e. The maximum absolute atomic E-state index is 6.08. The number of aromatic nitrogens is 1. The first-order valence-electron chi connectivity index (χ1n) is 9.63. The van der Waals surface area contributed by atoms with Crippen molar-refractivity contribution in [3.63, 3.8) is 0 Å². The van der Waals surface area contributed by atoms with Gasteiger partial charge in [-0.1, -0.05) is 56.9 Å². The molecule has 0 radical (unpaired) electrons. The standard InChI is InChI=1S/C22H27NO2/c1-2-3-4-5-8-14-23-19-11-7-6-10-18(19)22-20(23)12-9-13-21(22)25-16-17-15-24-17/h6-7,9-13,17H,2-5,8,14-16H2,1H3. The predicted molar refractivity (Wildman–Crippen MR) is 103 cm³/mol. The number of fused-ring (bicyclic) bond motifs is 3. The highest BCUT2D eigenvalue weighted by Crippen LogP contribution is 2.36. The third-order valence-corrected chi connectivity index (χ3v) is 5.07. The topological polar surface area (TPSA) is 26.7 Å². The quantitative estimate of drug-likeness (QED) is 0.378. The summed E-state index contributed by atoms with van der Waals surface area (Å²) in [6.45, 7) is 4.81. The van der Waals surface area contributed by atoms with Crippen LogP contribution in [0.2, 0.25) is 0 Å². The zero-order chi connectivity index (χ0) is 17.1. The van der Waals surface area contributed by atoms with Gasteiger partial charge in [0, 0.05) is 22.8 Å². The minimum absolute atomic E-state index is 0.280. The predicted octanol–water partition coefficient (Wildman–Crippen LogP) is 5.54. The van der Waals surface area contributed by atoms with E-state index in [-0.39, 0.29) is 6.10 Å². The molecule has 1 aliphatic rings. The van der Waals surface area contributed by atoms with Gasteiger partial charge in [0.05, 0.1) is 12.1 Å². The fourth-order valence-corrected chi connectivity index (χ4v) is 3.65. The highest BCUT2D eigenvalue weighted by molar-refractivity contribution is 6.11. The van der Waals surface area contributed by atoms with Crippen LogP contribution >= 0.6 is 0 Å². The maximum atomic E-state index is 6.08. The molecule has 2 heterocycles. The first-order chi connectivity index (χ1) is 12.4. The summed E-state index contributed by atoms with van der Waals surface area (Å²) in [7, 11) is 0. The van der Waals surface area contributed by atoms with Gasteiger partial charge in [-0.05, 0) is 24.6 Å². The molecular formula is C22H27NO2. The Hall–Kier alpha value is -2.00. The summed E-state index contributed by atoms with van der Waals surface area (Å²) < 4.78 is 13.8. The fraction of sp³-hybridized carbons (Fsp3) is 0.455. The van der Waals surface area contributed by atoms with Gasteiger partial charge >= 0.3 is 0 Å². The number of ether oxygens (including phenoxy) is 2. The van der Waals surface area contributed by atoms with Crippen LogP contribution in [0.1, 0.15) is 39.0 Å². The smallest absolute Gasteiger partial charge is 0.129 e. The second-order valence-electron chi connectivity index (χ2n) is 7.00. The van der Waals surface area contributed by atoms with Crippen molar-refractivity contribution in [1.82, 2.24) is 4.57 Å². The molecule has 1 aromatic heterocycles. The van der Waals surface area contributed by atoms with Gasteiger partial charge in [-0.15, -0.1) is 0 Å². The lowest BCUT2D eigenvalue weighted by molar-refractivity contribution is 0.265. The molecule has 0 saturated carbocycles. The molecule has 0 N–H and O–H groups in total. The molecule has 1 fully saturated rings. The van der Waals surface area contributed by atoms with E-state index < -0.39 is 0 Å². The zero-order valence-corrected chi connectivity index (χ0v) is 15.0. The van der Waals surface area contributed by atoms with Crippen molar-refractivity contribution in [3.05, 3.63) is 42.5 Å². The van der Waals surface area contributed by atoms with Crippen molar-refractivity contribution in [2.24, 2.45) is 0 Å². The Labute approximate surface area is 149 Å². The lowest BCUT2D eigenvalue weighted by atomic mass is 10.1. The molecule has 25 heavy (non-hydrogen) atoms. The van der Waals surface area contributed by atoms with Crippen LogP contribution in [-0.2, 0) is 11.3 Å². The lowest BCUT2D eigenvalue weighted by Gasteiger charge is -2.09. The summed E-state index contributed by atoms with van der Waals surface area (Å²) in [5.41, 5.74) is 2.60. The normalized spacial score (nSPS) is 16.6. The van der Waals surface area contributed by atoms with E-state index in [0.717, 1.165) is 18.9 Å².